The van der Waals surface area contributed by atoms with Crippen LogP contribution in [0, 0.1) is 11.6 Å². The molecule has 4 rings (SSSR count). The second kappa shape index (κ2) is 8.76. The Morgan fingerprint density at radius 3 is 2.56 bits per heavy atom. The van der Waals surface area contributed by atoms with Crippen molar-refractivity contribution in [1.82, 2.24) is 24.5 Å². The number of carbonyl (C=O) groups excluding carboxylic acids is 1. The summed E-state index contributed by atoms with van der Waals surface area (Å²) in [6.07, 6.45) is 2.78. The van der Waals surface area contributed by atoms with E-state index in [2.05, 4.69) is 20.2 Å². The number of H-pyrrole nitrogens is 1. The topological polar surface area (TPSA) is 130 Å². The molecule has 176 valence electrons. The molecule has 0 aliphatic rings. The fraction of sp³-hybridized carbons (Fsp3) is 0.143. The number of rotatable bonds is 7. The number of ether oxygens (including phenoxy) is 1. The first-order valence-electron chi connectivity index (χ1n) is 9.70. The number of pyridine rings is 1. The Hall–Kier alpha value is -3.97. The van der Waals surface area contributed by atoms with Gasteiger partial charge in [0.25, 0.3) is 0 Å². The van der Waals surface area contributed by atoms with Gasteiger partial charge in [0.05, 0.1) is 24.1 Å². The summed E-state index contributed by atoms with van der Waals surface area (Å²) < 4.78 is 61.6. The van der Waals surface area contributed by atoms with Gasteiger partial charge in [-0.1, -0.05) is 0 Å². The van der Waals surface area contributed by atoms with Crippen LogP contribution in [0.25, 0.3) is 22.3 Å². The van der Waals surface area contributed by atoms with Gasteiger partial charge in [-0.05, 0) is 24.3 Å². The Morgan fingerprint density at radius 1 is 1.15 bits per heavy atom. The molecule has 0 spiro atoms. The van der Waals surface area contributed by atoms with Crippen LogP contribution in [0.15, 0.2) is 42.7 Å². The standard InChI is InChI=1S/C21H18F2N6O4S/c1-29(2)34(31,32)28-16-5-4-14(22)18(19(16)23)20(30)13-10-25-21-12(13)8-11(9-24-21)15-6-7-17(33-3)27-26-15/h4-10,28H,1-3H3,(H,24,25). The van der Waals surface area contributed by atoms with Gasteiger partial charge in [-0.25, -0.2) is 13.8 Å². The quantitative estimate of drug-likeness (QED) is 0.383. The molecule has 3 heterocycles. The molecule has 2 N–H and O–H groups in total. The van der Waals surface area contributed by atoms with Gasteiger partial charge in [0, 0.05) is 49.1 Å². The number of anilines is 1. The van der Waals surface area contributed by atoms with Crippen molar-refractivity contribution in [2.24, 2.45) is 0 Å². The van der Waals surface area contributed by atoms with Crippen molar-refractivity contribution in [1.29, 1.82) is 0 Å². The third-order valence-electron chi connectivity index (χ3n) is 4.96. The molecule has 3 aromatic heterocycles. The van der Waals surface area contributed by atoms with Gasteiger partial charge in [-0.3, -0.25) is 9.52 Å². The maximum Gasteiger partial charge on any atom is 0.301 e. The van der Waals surface area contributed by atoms with Crippen LogP contribution in [0.2, 0.25) is 0 Å². The van der Waals surface area contributed by atoms with Crippen molar-refractivity contribution in [3.8, 4) is 17.1 Å². The zero-order chi connectivity index (χ0) is 24.6. The number of hydrogen-bond acceptors (Lipinski definition) is 7. The molecule has 1 aromatic carbocycles. The van der Waals surface area contributed by atoms with E-state index in [0.717, 1.165) is 16.4 Å². The van der Waals surface area contributed by atoms with E-state index in [0.29, 0.717) is 22.8 Å². The summed E-state index contributed by atoms with van der Waals surface area (Å²) >= 11 is 0. The van der Waals surface area contributed by atoms with Crippen LogP contribution in [0.5, 0.6) is 5.88 Å². The first kappa shape index (κ1) is 23.2. The zero-order valence-electron chi connectivity index (χ0n) is 18.1. The first-order chi connectivity index (χ1) is 16.1. The average Bonchev–Trinajstić information content (AvgIpc) is 3.24. The smallest absolute Gasteiger partial charge is 0.301 e. The fourth-order valence-electron chi connectivity index (χ4n) is 3.12. The lowest BCUT2D eigenvalue weighted by molar-refractivity contribution is 0.103. The normalized spacial score (nSPS) is 11.7. The van der Waals surface area contributed by atoms with E-state index in [-0.39, 0.29) is 10.9 Å². The predicted octanol–water partition coefficient (Wildman–Crippen LogP) is 2.76. The number of carbonyl (C=O) groups is 1. The number of aromatic amines is 1. The van der Waals surface area contributed by atoms with Gasteiger partial charge < -0.3 is 9.72 Å². The third kappa shape index (κ3) is 4.18. The number of ketones is 1. The lowest BCUT2D eigenvalue weighted by Gasteiger charge is -2.15. The SMILES string of the molecule is COc1ccc(-c2cnc3[nH]cc(C(=O)c4c(F)ccc(NS(=O)(=O)N(C)C)c4F)c3c2)nn1. The Balaban J connectivity index is 1.78. The van der Waals surface area contributed by atoms with E-state index in [1.54, 1.807) is 18.2 Å². The molecule has 0 saturated carbocycles. The molecule has 4 aromatic rings. The molecule has 10 nitrogen and oxygen atoms in total. The van der Waals surface area contributed by atoms with E-state index >= 15 is 4.39 Å². The number of aromatic nitrogens is 4. The minimum atomic E-state index is -4.09. The van der Waals surface area contributed by atoms with E-state index in [1.165, 1.54) is 33.6 Å². The van der Waals surface area contributed by atoms with E-state index in [4.69, 9.17) is 4.74 Å². The number of fused-ring (bicyclic) bond motifs is 1. The maximum atomic E-state index is 15.1. The van der Waals surface area contributed by atoms with Crippen LogP contribution in [0.4, 0.5) is 14.5 Å². The van der Waals surface area contributed by atoms with Crippen LogP contribution < -0.4 is 9.46 Å². The van der Waals surface area contributed by atoms with Gasteiger partial charge >= 0.3 is 10.2 Å². The van der Waals surface area contributed by atoms with Crippen molar-refractivity contribution >= 4 is 32.7 Å². The van der Waals surface area contributed by atoms with Crippen LogP contribution in [0.1, 0.15) is 15.9 Å². The number of benzene rings is 1. The van der Waals surface area contributed by atoms with Crippen molar-refractivity contribution in [2.75, 3.05) is 25.9 Å². The molecule has 0 atom stereocenters. The van der Waals surface area contributed by atoms with Gasteiger partial charge in [-0.15, -0.1) is 10.2 Å². The summed E-state index contributed by atoms with van der Waals surface area (Å²) in [7, 11) is -0.164. The van der Waals surface area contributed by atoms with Crippen LogP contribution in [0.3, 0.4) is 0 Å². The molecule has 0 radical (unpaired) electrons. The summed E-state index contributed by atoms with van der Waals surface area (Å²) in [5.74, 6) is -3.16. The average molecular weight is 488 g/mol. The Bertz CT molecular complexity index is 1500. The molecule has 0 amide bonds. The highest BCUT2D eigenvalue weighted by Gasteiger charge is 2.26. The molecule has 34 heavy (non-hydrogen) atoms. The molecule has 0 aliphatic heterocycles. The number of halogens is 2. The Labute approximate surface area is 192 Å². The van der Waals surface area contributed by atoms with Crippen molar-refractivity contribution in [2.45, 2.75) is 0 Å². The summed E-state index contributed by atoms with van der Waals surface area (Å²) in [6.45, 7) is 0. The summed E-state index contributed by atoms with van der Waals surface area (Å²) in [5, 5.41) is 8.21. The van der Waals surface area contributed by atoms with Gasteiger partial charge in [-0.2, -0.15) is 12.7 Å². The minimum absolute atomic E-state index is 0.0590. The number of nitrogens with zero attached hydrogens (tertiary/aromatic N) is 4. The number of nitrogens with one attached hydrogen (secondary N) is 2. The molecule has 0 unspecified atom stereocenters. The molecule has 0 bridgehead atoms. The maximum absolute atomic E-state index is 15.1. The van der Waals surface area contributed by atoms with Crippen LogP contribution >= 0.6 is 0 Å². The van der Waals surface area contributed by atoms with E-state index in [1.807, 2.05) is 4.72 Å². The van der Waals surface area contributed by atoms with Gasteiger partial charge in [0.2, 0.25) is 11.7 Å². The van der Waals surface area contributed by atoms with E-state index < -0.39 is 38.9 Å². The second-order valence-electron chi connectivity index (χ2n) is 7.29. The van der Waals surface area contributed by atoms with Crippen LogP contribution in [-0.4, -0.2) is 59.9 Å². The van der Waals surface area contributed by atoms with E-state index in [9.17, 15) is 17.6 Å². The third-order valence-corrected chi connectivity index (χ3v) is 6.40. The predicted molar refractivity (Wildman–Crippen MR) is 120 cm³/mol. The minimum Gasteiger partial charge on any atom is -0.480 e. The Kier molecular flexibility index (Phi) is 5.98. The van der Waals surface area contributed by atoms with Crippen molar-refractivity contribution < 1.29 is 26.7 Å². The number of methoxy groups -OCH3 is 1. The molecular formula is C21H18F2N6O4S. The van der Waals surface area contributed by atoms with Gasteiger partial charge in [0.1, 0.15) is 11.5 Å². The Morgan fingerprint density at radius 2 is 1.91 bits per heavy atom. The molecule has 0 fully saturated rings. The molecular weight excluding hydrogens is 470 g/mol. The lowest BCUT2D eigenvalue weighted by Crippen LogP contribution is -2.29. The zero-order valence-corrected chi connectivity index (χ0v) is 18.9. The molecule has 0 saturated heterocycles. The second-order valence-corrected chi connectivity index (χ2v) is 9.17. The first-order valence-corrected chi connectivity index (χ1v) is 11.1. The summed E-state index contributed by atoms with van der Waals surface area (Å²) in [5.41, 5.74) is -0.285. The van der Waals surface area contributed by atoms with Crippen molar-refractivity contribution in [3.05, 3.63) is 65.5 Å². The highest BCUT2D eigenvalue weighted by molar-refractivity contribution is 7.90. The largest absolute Gasteiger partial charge is 0.480 e. The van der Waals surface area contributed by atoms with Crippen molar-refractivity contribution in [3.63, 3.8) is 0 Å². The summed E-state index contributed by atoms with van der Waals surface area (Å²) in [6, 6.07) is 6.54. The highest BCUT2D eigenvalue weighted by atomic mass is 32.2. The van der Waals surface area contributed by atoms with Crippen LogP contribution in [-0.2, 0) is 10.2 Å². The number of hydrogen-bond donors (Lipinski definition) is 2. The highest BCUT2D eigenvalue weighted by Crippen LogP contribution is 2.29. The summed E-state index contributed by atoms with van der Waals surface area (Å²) in [4.78, 5) is 20.2. The fourth-order valence-corrected chi connectivity index (χ4v) is 3.74. The monoisotopic (exact) mass is 488 g/mol. The lowest BCUT2D eigenvalue weighted by atomic mass is 10.0. The molecule has 13 heteroatoms. The molecule has 0 aliphatic carbocycles. The van der Waals surface area contributed by atoms with Gasteiger partial charge in [0.15, 0.2) is 5.82 Å².